The second-order valence-electron chi connectivity index (χ2n) is 3.42. The maximum Gasteiger partial charge on any atom is 0.141 e. The van der Waals surface area contributed by atoms with Crippen molar-refractivity contribution < 1.29 is 14.2 Å². The molecule has 3 nitrogen and oxygen atoms in total. The minimum absolute atomic E-state index is 0.409. The first-order valence-electron chi connectivity index (χ1n) is 4.34. The number of methoxy groups -OCH3 is 1. The molecular formula is C10H14FNO2. The highest BCUT2D eigenvalue weighted by Gasteiger charge is 2.31. The molecule has 0 spiro atoms. The molecule has 1 rings (SSSR count). The van der Waals surface area contributed by atoms with Gasteiger partial charge in [-0.3, -0.25) is 4.98 Å². The van der Waals surface area contributed by atoms with Crippen molar-refractivity contribution in [3.63, 3.8) is 0 Å². The molecule has 0 saturated heterocycles. The van der Waals surface area contributed by atoms with Crippen LogP contribution >= 0.6 is 0 Å². The van der Waals surface area contributed by atoms with E-state index in [1.807, 2.05) is 0 Å². The number of nitrogens with zero attached hydrogens (tertiary/aromatic N) is 1. The minimum Gasteiger partial charge on any atom is -0.383 e. The summed E-state index contributed by atoms with van der Waals surface area (Å²) >= 11 is 0. The van der Waals surface area contributed by atoms with Crippen LogP contribution in [-0.4, -0.2) is 23.3 Å². The van der Waals surface area contributed by atoms with E-state index in [2.05, 4.69) is 4.98 Å². The van der Waals surface area contributed by atoms with Crippen LogP contribution in [0.1, 0.15) is 19.4 Å². The topological polar surface area (TPSA) is 42.4 Å². The fraction of sp³-hybridized carbons (Fsp3) is 0.500. The molecule has 14 heavy (non-hydrogen) atoms. The Kier molecular flexibility index (Phi) is 3.18. The fourth-order valence-corrected chi connectivity index (χ4v) is 1.15. The Morgan fingerprint density at radius 2 is 2.21 bits per heavy atom. The zero-order chi connectivity index (χ0) is 10.8. The van der Waals surface area contributed by atoms with Gasteiger partial charge in [0.15, 0.2) is 0 Å². The Hall–Kier alpha value is -1.00. The van der Waals surface area contributed by atoms with Crippen molar-refractivity contribution in [2.75, 3.05) is 7.11 Å². The summed E-state index contributed by atoms with van der Waals surface area (Å²) in [6.07, 6.45) is 2.10. The summed E-state index contributed by atoms with van der Waals surface area (Å²) in [5.41, 5.74) is -0.823. The van der Waals surface area contributed by atoms with Crippen molar-refractivity contribution in [2.45, 2.75) is 25.6 Å². The Morgan fingerprint density at radius 3 is 2.71 bits per heavy atom. The molecule has 0 amide bonds. The maximum absolute atomic E-state index is 12.9. The quantitative estimate of drug-likeness (QED) is 0.801. The molecule has 0 bridgehead atoms. The molecule has 2 unspecified atom stereocenters. The van der Waals surface area contributed by atoms with E-state index < -0.39 is 17.5 Å². The van der Waals surface area contributed by atoms with Gasteiger partial charge in [-0.05, 0) is 19.9 Å². The van der Waals surface area contributed by atoms with Gasteiger partial charge < -0.3 is 9.84 Å². The molecule has 1 aromatic heterocycles. The molecule has 0 radical (unpaired) electrons. The van der Waals surface area contributed by atoms with Crippen LogP contribution < -0.4 is 0 Å². The zero-order valence-corrected chi connectivity index (χ0v) is 8.49. The number of pyridine rings is 1. The molecule has 4 heteroatoms. The predicted molar refractivity (Wildman–Crippen MR) is 50.2 cm³/mol. The summed E-state index contributed by atoms with van der Waals surface area (Å²) in [4.78, 5) is 3.68. The number of aromatic nitrogens is 1. The van der Waals surface area contributed by atoms with Crippen LogP contribution in [0.25, 0.3) is 0 Å². The van der Waals surface area contributed by atoms with Crippen molar-refractivity contribution in [1.29, 1.82) is 0 Å². The second kappa shape index (κ2) is 4.02. The minimum atomic E-state index is -1.23. The average Bonchev–Trinajstić information content (AvgIpc) is 2.16. The first-order chi connectivity index (χ1) is 6.48. The number of halogens is 1. The summed E-state index contributed by atoms with van der Waals surface area (Å²) in [6.45, 7) is 3.28. The van der Waals surface area contributed by atoms with Gasteiger partial charge in [0.05, 0.1) is 12.3 Å². The third-order valence-electron chi connectivity index (χ3n) is 2.43. The summed E-state index contributed by atoms with van der Waals surface area (Å²) in [5.74, 6) is -0.467. The molecular weight excluding hydrogens is 185 g/mol. The number of hydrogen-bond donors (Lipinski definition) is 1. The van der Waals surface area contributed by atoms with Gasteiger partial charge in [0.25, 0.3) is 0 Å². The third kappa shape index (κ3) is 2.08. The third-order valence-corrected chi connectivity index (χ3v) is 2.43. The highest BCUT2D eigenvalue weighted by Crippen LogP contribution is 2.25. The van der Waals surface area contributed by atoms with Gasteiger partial charge in [-0.25, -0.2) is 4.39 Å². The number of rotatable bonds is 3. The molecule has 0 aliphatic carbocycles. The molecule has 0 fully saturated rings. The largest absolute Gasteiger partial charge is 0.383 e. The van der Waals surface area contributed by atoms with Crippen LogP contribution in [-0.2, 0) is 10.3 Å². The summed E-state index contributed by atoms with van der Waals surface area (Å²) < 4.78 is 17.9. The first kappa shape index (κ1) is 11.1. The molecule has 1 heterocycles. The van der Waals surface area contributed by atoms with E-state index in [0.29, 0.717) is 5.56 Å². The Balaban J connectivity index is 3.03. The monoisotopic (exact) mass is 199 g/mol. The normalized spacial score (nSPS) is 17.5. The van der Waals surface area contributed by atoms with Gasteiger partial charge in [-0.15, -0.1) is 0 Å². The zero-order valence-electron chi connectivity index (χ0n) is 8.49. The molecule has 0 saturated carbocycles. The lowest BCUT2D eigenvalue weighted by Crippen LogP contribution is -2.35. The van der Waals surface area contributed by atoms with Gasteiger partial charge in [0.1, 0.15) is 11.4 Å². The SMILES string of the molecule is COC(C)C(C)(O)c1cncc(F)c1. The number of hydrogen-bond acceptors (Lipinski definition) is 3. The summed E-state index contributed by atoms with van der Waals surface area (Å²) in [6, 6.07) is 1.25. The Bertz CT molecular complexity index is 315. The van der Waals surface area contributed by atoms with E-state index in [-0.39, 0.29) is 0 Å². The van der Waals surface area contributed by atoms with Crippen LogP contribution in [0.4, 0.5) is 4.39 Å². The van der Waals surface area contributed by atoms with Gasteiger partial charge in [0.2, 0.25) is 0 Å². The lowest BCUT2D eigenvalue weighted by Gasteiger charge is -2.29. The predicted octanol–water partition coefficient (Wildman–Crippen LogP) is 1.46. The van der Waals surface area contributed by atoms with E-state index in [0.717, 1.165) is 6.20 Å². The van der Waals surface area contributed by atoms with Gasteiger partial charge in [0, 0.05) is 18.9 Å². The first-order valence-corrected chi connectivity index (χ1v) is 4.34. The standard InChI is InChI=1S/C10H14FNO2/c1-7(14-3)10(2,13)8-4-9(11)6-12-5-8/h4-7,13H,1-3H3. The van der Waals surface area contributed by atoms with E-state index in [1.54, 1.807) is 13.8 Å². The van der Waals surface area contributed by atoms with E-state index in [4.69, 9.17) is 4.74 Å². The summed E-state index contributed by atoms with van der Waals surface area (Å²) in [5, 5.41) is 10.0. The van der Waals surface area contributed by atoms with Crippen molar-refractivity contribution in [2.24, 2.45) is 0 Å². The van der Waals surface area contributed by atoms with Crippen molar-refractivity contribution >= 4 is 0 Å². The molecule has 0 aromatic carbocycles. The van der Waals surface area contributed by atoms with Crippen molar-refractivity contribution in [1.82, 2.24) is 4.98 Å². The molecule has 0 aliphatic heterocycles. The van der Waals surface area contributed by atoms with Crippen molar-refractivity contribution in [3.8, 4) is 0 Å². The van der Waals surface area contributed by atoms with Crippen LogP contribution in [0.3, 0.4) is 0 Å². The average molecular weight is 199 g/mol. The van der Waals surface area contributed by atoms with Gasteiger partial charge in [-0.2, -0.15) is 0 Å². The molecule has 1 N–H and O–H groups in total. The van der Waals surface area contributed by atoms with Crippen LogP contribution in [0.2, 0.25) is 0 Å². The highest BCUT2D eigenvalue weighted by atomic mass is 19.1. The van der Waals surface area contributed by atoms with E-state index in [9.17, 15) is 9.50 Å². The van der Waals surface area contributed by atoms with Crippen LogP contribution in [0.15, 0.2) is 18.5 Å². The van der Waals surface area contributed by atoms with Gasteiger partial charge >= 0.3 is 0 Å². The lowest BCUT2D eigenvalue weighted by molar-refractivity contribution is -0.0775. The lowest BCUT2D eigenvalue weighted by atomic mass is 9.92. The smallest absolute Gasteiger partial charge is 0.141 e. The second-order valence-corrected chi connectivity index (χ2v) is 3.42. The van der Waals surface area contributed by atoms with Crippen LogP contribution in [0, 0.1) is 5.82 Å². The number of ether oxygens (including phenoxy) is 1. The molecule has 78 valence electrons. The van der Waals surface area contributed by atoms with Crippen molar-refractivity contribution in [3.05, 3.63) is 29.8 Å². The molecule has 2 atom stereocenters. The van der Waals surface area contributed by atoms with E-state index >= 15 is 0 Å². The molecule has 0 aliphatic rings. The highest BCUT2D eigenvalue weighted by molar-refractivity contribution is 5.19. The summed E-state index contributed by atoms with van der Waals surface area (Å²) in [7, 11) is 1.49. The Morgan fingerprint density at radius 1 is 1.57 bits per heavy atom. The fourth-order valence-electron chi connectivity index (χ4n) is 1.15. The van der Waals surface area contributed by atoms with E-state index in [1.165, 1.54) is 19.4 Å². The maximum atomic E-state index is 12.9. The molecule has 1 aromatic rings. The Labute approximate surface area is 82.5 Å². The number of aliphatic hydroxyl groups is 1. The van der Waals surface area contributed by atoms with Gasteiger partial charge in [-0.1, -0.05) is 0 Å². The van der Waals surface area contributed by atoms with Crippen LogP contribution in [0.5, 0.6) is 0 Å².